The maximum Gasteiger partial charge on any atom is 0.242 e. The Labute approximate surface area is 203 Å². The normalized spacial score (nSPS) is 18.2. The zero-order valence-electron chi connectivity index (χ0n) is 17.4. The molecule has 168 valence electrons. The molecule has 7 nitrogen and oxygen atoms in total. The smallest absolute Gasteiger partial charge is 0.242 e. The molecule has 1 saturated heterocycles. The van der Waals surface area contributed by atoms with E-state index < -0.39 is 0 Å². The summed E-state index contributed by atoms with van der Waals surface area (Å²) >= 11 is 14.9. The molecule has 1 amide bonds. The molecule has 4 rings (SSSR count). The number of carbonyl (C=O) groups is 1. The van der Waals surface area contributed by atoms with Gasteiger partial charge in [0.15, 0.2) is 16.5 Å². The Hall–Kier alpha value is -2.20. The first kappa shape index (κ1) is 23.0. The second-order valence-electron chi connectivity index (χ2n) is 6.80. The van der Waals surface area contributed by atoms with Crippen molar-refractivity contribution in [1.29, 1.82) is 0 Å². The van der Waals surface area contributed by atoms with E-state index in [0.717, 1.165) is 5.56 Å². The Morgan fingerprint density at radius 2 is 1.78 bits per heavy atom. The van der Waals surface area contributed by atoms with Crippen LogP contribution in [-0.4, -0.2) is 35.6 Å². The monoisotopic (exact) mass is 511 g/mol. The number of anilines is 1. The molecule has 0 saturated carbocycles. The lowest BCUT2D eigenvalue weighted by atomic mass is 10.2. The van der Waals surface area contributed by atoms with Gasteiger partial charge in [-0.25, -0.2) is 0 Å². The first-order valence-corrected chi connectivity index (χ1v) is 12.0. The van der Waals surface area contributed by atoms with E-state index in [1.54, 1.807) is 49.1 Å². The Morgan fingerprint density at radius 1 is 1.03 bits per heavy atom. The molecule has 2 unspecified atom stereocenters. The average molecular weight is 512 g/mol. The van der Waals surface area contributed by atoms with Crippen LogP contribution in [0.3, 0.4) is 0 Å². The first-order chi connectivity index (χ1) is 15.4. The van der Waals surface area contributed by atoms with Gasteiger partial charge in [0.2, 0.25) is 11.0 Å². The van der Waals surface area contributed by atoms with Crippen molar-refractivity contribution >= 4 is 57.3 Å². The molecule has 1 aliphatic heterocycles. The Morgan fingerprint density at radius 3 is 2.50 bits per heavy atom. The number of hydrogen-bond donors (Lipinski definition) is 0. The van der Waals surface area contributed by atoms with Crippen LogP contribution in [0.15, 0.2) is 36.4 Å². The predicted molar refractivity (Wildman–Crippen MR) is 128 cm³/mol. The topological polar surface area (TPSA) is 73.8 Å². The number of halogens is 2. The quantitative estimate of drug-likeness (QED) is 0.408. The zero-order valence-corrected chi connectivity index (χ0v) is 20.5. The number of ether oxygens (including phenoxy) is 3. The number of benzene rings is 2. The van der Waals surface area contributed by atoms with Gasteiger partial charge in [0, 0.05) is 5.02 Å². The fraction of sp³-hybridized carbons (Fsp3) is 0.286. The summed E-state index contributed by atoms with van der Waals surface area (Å²) < 4.78 is 16.5. The number of nitrogens with zero attached hydrogens (tertiary/aromatic N) is 3. The highest BCUT2D eigenvalue weighted by Gasteiger charge is 2.41. The van der Waals surface area contributed by atoms with E-state index in [2.05, 4.69) is 10.2 Å². The molecule has 11 heteroatoms. The zero-order chi connectivity index (χ0) is 22.8. The third kappa shape index (κ3) is 4.61. The SMILES string of the molecule is COc1ccc(C2SC(C)C(=O)N2c2nnc(COc3ccc(Cl)cc3Cl)s2)cc1OC. The fourth-order valence-electron chi connectivity index (χ4n) is 3.18. The summed E-state index contributed by atoms with van der Waals surface area (Å²) in [6.45, 7) is 2.05. The molecule has 0 bridgehead atoms. The maximum absolute atomic E-state index is 13.0. The van der Waals surface area contributed by atoms with Gasteiger partial charge in [0.25, 0.3) is 0 Å². The Kier molecular flexibility index (Phi) is 6.99. The molecule has 0 spiro atoms. The highest BCUT2D eigenvalue weighted by Crippen LogP contribution is 2.47. The van der Waals surface area contributed by atoms with Crippen LogP contribution in [0.25, 0.3) is 0 Å². The van der Waals surface area contributed by atoms with E-state index in [9.17, 15) is 4.79 Å². The standard InChI is InChI=1S/C21H19Cl2N3O4S2/c1-11-19(27)26(20(31-11)12-4-6-16(28-2)17(8-12)29-3)21-25-24-18(32-21)10-30-15-7-5-13(22)9-14(15)23/h4-9,11,20H,10H2,1-3H3. The van der Waals surface area contributed by atoms with E-state index in [0.29, 0.717) is 37.4 Å². The van der Waals surface area contributed by atoms with Gasteiger partial charge in [0.1, 0.15) is 17.7 Å². The number of rotatable bonds is 7. The number of amides is 1. The molecule has 0 N–H and O–H groups in total. The van der Waals surface area contributed by atoms with Crippen molar-refractivity contribution in [3.8, 4) is 17.2 Å². The minimum atomic E-state index is -0.260. The average Bonchev–Trinajstić information content (AvgIpc) is 3.36. The lowest BCUT2D eigenvalue weighted by Gasteiger charge is -2.21. The summed E-state index contributed by atoms with van der Waals surface area (Å²) in [4.78, 5) is 14.6. The predicted octanol–water partition coefficient (Wildman–Crippen LogP) is 5.61. The molecule has 32 heavy (non-hydrogen) atoms. The number of thioether (sulfide) groups is 1. The molecule has 3 aromatic rings. The van der Waals surface area contributed by atoms with Crippen LogP contribution >= 0.6 is 46.3 Å². The summed E-state index contributed by atoms with van der Waals surface area (Å²) in [5, 5.41) is 10.0. The number of hydrogen-bond acceptors (Lipinski definition) is 8. The van der Waals surface area contributed by atoms with Crippen LogP contribution in [0.1, 0.15) is 22.9 Å². The summed E-state index contributed by atoms with van der Waals surface area (Å²) in [5.41, 5.74) is 0.909. The van der Waals surface area contributed by atoms with Crippen molar-refractivity contribution in [3.05, 3.63) is 57.0 Å². The fourth-order valence-corrected chi connectivity index (χ4v) is 5.75. The molecular weight excluding hydrogens is 493 g/mol. The van der Waals surface area contributed by atoms with E-state index in [1.807, 2.05) is 25.1 Å². The van der Waals surface area contributed by atoms with E-state index in [1.165, 1.54) is 11.3 Å². The molecule has 1 aliphatic rings. The molecule has 0 radical (unpaired) electrons. The van der Waals surface area contributed by atoms with Crippen molar-refractivity contribution in [2.75, 3.05) is 19.1 Å². The minimum Gasteiger partial charge on any atom is -0.493 e. The van der Waals surface area contributed by atoms with Gasteiger partial charge in [0.05, 0.1) is 24.5 Å². The van der Waals surface area contributed by atoms with Gasteiger partial charge >= 0.3 is 0 Å². The summed E-state index contributed by atoms with van der Waals surface area (Å²) in [6.07, 6.45) is 0. The van der Waals surface area contributed by atoms with Crippen LogP contribution in [-0.2, 0) is 11.4 Å². The van der Waals surface area contributed by atoms with Crippen LogP contribution in [0.5, 0.6) is 17.2 Å². The van der Waals surface area contributed by atoms with Crippen molar-refractivity contribution in [2.45, 2.75) is 24.2 Å². The Balaban J connectivity index is 1.56. The molecule has 2 heterocycles. The lowest BCUT2D eigenvalue weighted by molar-refractivity contribution is -0.117. The number of methoxy groups -OCH3 is 2. The maximum atomic E-state index is 13.0. The second-order valence-corrected chi connectivity index (χ2v) is 10.1. The largest absolute Gasteiger partial charge is 0.493 e. The third-order valence-electron chi connectivity index (χ3n) is 4.75. The Bertz CT molecular complexity index is 1140. The molecule has 2 atom stereocenters. The van der Waals surface area contributed by atoms with Gasteiger partial charge in [-0.05, 0) is 42.8 Å². The van der Waals surface area contributed by atoms with Gasteiger partial charge in [-0.3, -0.25) is 9.69 Å². The molecule has 2 aromatic carbocycles. The van der Waals surface area contributed by atoms with Crippen molar-refractivity contribution in [3.63, 3.8) is 0 Å². The highest BCUT2D eigenvalue weighted by molar-refractivity contribution is 8.01. The molecule has 0 aliphatic carbocycles. The lowest BCUT2D eigenvalue weighted by Crippen LogP contribution is -2.30. The van der Waals surface area contributed by atoms with Crippen molar-refractivity contribution in [1.82, 2.24) is 10.2 Å². The summed E-state index contributed by atoms with van der Waals surface area (Å²) in [5.74, 6) is 1.70. The van der Waals surface area contributed by atoms with Crippen LogP contribution in [0, 0.1) is 0 Å². The summed E-state index contributed by atoms with van der Waals surface area (Å²) in [6, 6.07) is 10.6. The third-order valence-corrected chi connectivity index (χ3v) is 7.53. The summed E-state index contributed by atoms with van der Waals surface area (Å²) in [7, 11) is 3.17. The van der Waals surface area contributed by atoms with Gasteiger partial charge in [-0.15, -0.1) is 22.0 Å². The molecule has 1 fully saturated rings. The van der Waals surface area contributed by atoms with Crippen LogP contribution < -0.4 is 19.1 Å². The molecular formula is C21H19Cl2N3O4S2. The number of aromatic nitrogens is 2. The minimum absolute atomic E-state index is 0.0286. The van der Waals surface area contributed by atoms with Crippen LogP contribution in [0.4, 0.5) is 5.13 Å². The van der Waals surface area contributed by atoms with E-state index >= 15 is 0 Å². The van der Waals surface area contributed by atoms with E-state index in [-0.39, 0.29) is 23.1 Å². The van der Waals surface area contributed by atoms with Gasteiger partial charge < -0.3 is 14.2 Å². The van der Waals surface area contributed by atoms with Gasteiger partial charge in [-0.2, -0.15) is 0 Å². The molecule has 1 aromatic heterocycles. The highest BCUT2D eigenvalue weighted by atomic mass is 35.5. The van der Waals surface area contributed by atoms with Crippen molar-refractivity contribution < 1.29 is 19.0 Å². The second kappa shape index (κ2) is 9.74. The van der Waals surface area contributed by atoms with E-state index in [4.69, 9.17) is 37.4 Å². The van der Waals surface area contributed by atoms with Crippen molar-refractivity contribution in [2.24, 2.45) is 0 Å². The number of carbonyl (C=O) groups excluding carboxylic acids is 1. The van der Waals surface area contributed by atoms with Crippen LogP contribution in [0.2, 0.25) is 10.0 Å². The van der Waals surface area contributed by atoms with Gasteiger partial charge in [-0.1, -0.05) is 40.6 Å². The first-order valence-electron chi connectivity index (χ1n) is 9.52.